The highest BCUT2D eigenvalue weighted by Gasteiger charge is 2.19. The van der Waals surface area contributed by atoms with Crippen LogP contribution in [0.3, 0.4) is 0 Å². The van der Waals surface area contributed by atoms with Crippen molar-refractivity contribution >= 4 is 21.6 Å². The lowest BCUT2D eigenvalue weighted by Gasteiger charge is -2.14. The first-order valence-electron chi connectivity index (χ1n) is 6.35. The van der Waals surface area contributed by atoms with Crippen LogP contribution in [0.15, 0.2) is 17.0 Å². The van der Waals surface area contributed by atoms with Crippen molar-refractivity contribution in [2.75, 3.05) is 33.8 Å². The Hall–Kier alpha value is -0.820. The minimum Gasteiger partial charge on any atom is -0.492 e. The molecule has 0 spiro atoms. The van der Waals surface area contributed by atoms with E-state index in [4.69, 9.17) is 16.3 Å². The Morgan fingerprint density at radius 2 is 2.00 bits per heavy atom. The number of hydrogen-bond donors (Lipinski definition) is 1. The standard InChI is InChI=1S/C13H21ClN2O3S/c1-5-19-12-8-10(2)13(9-11(12)14)20(17,18)15-6-7-16(3)4/h8-9,15H,5-7H2,1-4H3. The summed E-state index contributed by atoms with van der Waals surface area (Å²) in [6.07, 6.45) is 0. The Morgan fingerprint density at radius 1 is 1.35 bits per heavy atom. The van der Waals surface area contributed by atoms with Gasteiger partial charge in [-0.05, 0) is 45.6 Å². The maximum absolute atomic E-state index is 12.2. The molecule has 0 amide bonds. The van der Waals surface area contributed by atoms with Gasteiger partial charge in [0.25, 0.3) is 0 Å². The summed E-state index contributed by atoms with van der Waals surface area (Å²) < 4.78 is 32.4. The van der Waals surface area contributed by atoms with Crippen LogP contribution in [0.4, 0.5) is 0 Å². The van der Waals surface area contributed by atoms with Crippen LogP contribution in [0.25, 0.3) is 0 Å². The van der Waals surface area contributed by atoms with Crippen LogP contribution in [-0.2, 0) is 10.0 Å². The van der Waals surface area contributed by atoms with Gasteiger partial charge in [-0.25, -0.2) is 13.1 Å². The largest absolute Gasteiger partial charge is 0.492 e. The van der Waals surface area contributed by atoms with Crippen molar-refractivity contribution in [1.29, 1.82) is 0 Å². The van der Waals surface area contributed by atoms with Gasteiger partial charge in [0.15, 0.2) is 0 Å². The highest BCUT2D eigenvalue weighted by molar-refractivity contribution is 7.89. The molecule has 0 atom stereocenters. The van der Waals surface area contributed by atoms with Crippen LogP contribution in [-0.4, -0.2) is 47.1 Å². The monoisotopic (exact) mass is 320 g/mol. The lowest BCUT2D eigenvalue weighted by Crippen LogP contribution is -2.31. The van der Waals surface area contributed by atoms with Crippen LogP contribution < -0.4 is 9.46 Å². The van der Waals surface area contributed by atoms with E-state index >= 15 is 0 Å². The van der Waals surface area contributed by atoms with Crippen molar-refractivity contribution in [2.45, 2.75) is 18.7 Å². The zero-order valence-electron chi connectivity index (χ0n) is 12.2. The molecule has 114 valence electrons. The number of hydrogen-bond acceptors (Lipinski definition) is 4. The molecule has 0 aliphatic rings. The average molecular weight is 321 g/mol. The number of benzene rings is 1. The van der Waals surface area contributed by atoms with E-state index in [1.807, 2.05) is 25.9 Å². The lowest BCUT2D eigenvalue weighted by atomic mass is 10.2. The smallest absolute Gasteiger partial charge is 0.240 e. The number of nitrogens with zero attached hydrogens (tertiary/aromatic N) is 1. The predicted octanol–water partition coefficient (Wildman–Crippen LogP) is 1.89. The van der Waals surface area contributed by atoms with Crippen LogP contribution in [0.1, 0.15) is 12.5 Å². The molecule has 0 aromatic heterocycles. The normalized spacial score (nSPS) is 11.9. The summed E-state index contributed by atoms with van der Waals surface area (Å²) >= 11 is 6.05. The van der Waals surface area contributed by atoms with E-state index in [1.54, 1.807) is 13.0 Å². The van der Waals surface area contributed by atoms with E-state index in [-0.39, 0.29) is 4.90 Å². The highest BCUT2D eigenvalue weighted by atomic mass is 35.5. The van der Waals surface area contributed by atoms with Crippen LogP contribution in [0.2, 0.25) is 5.02 Å². The van der Waals surface area contributed by atoms with E-state index < -0.39 is 10.0 Å². The summed E-state index contributed by atoms with van der Waals surface area (Å²) in [5, 5.41) is 0.297. The van der Waals surface area contributed by atoms with Gasteiger partial charge in [0, 0.05) is 13.1 Å². The van der Waals surface area contributed by atoms with Gasteiger partial charge in [-0.2, -0.15) is 0 Å². The first kappa shape index (κ1) is 17.2. The number of sulfonamides is 1. The van der Waals surface area contributed by atoms with Gasteiger partial charge in [0.05, 0.1) is 16.5 Å². The van der Waals surface area contributed by atoms with Gasteiger partial charge in [-0.3, -0.25) is 0 Å². The second kappa shape index (κ2) is 7.26. The maximum Gasteiger partial charge on any atom is 0.240 e. The summed E-state index contributed by atoms with van der Waals surface area (Å²) in [6, 6.07) is 3.08. The zero-order valence-corrected chi connectivity index (χ0v) is 13.8. The summed E-state index contributed by atoms with van der Waals surface area (Å²) in [4.78, 5) is 2.09. The third-order valence-corrected chi connectivity index (χ3v) is 4.57. The molecular weight excluding hydrogens is 300 g/mol. The van der Waals surface area contributed by atoms with Gasteiger partial charge in [-0.1, -0.05) is 11.6 Å². The minimum atomic E-state index is -3.56. The Kier molecular flexibility index (Phi) is 6.26. The molecule has 0 unspecified atom stereocenters. The Labute approximate surface area is 125 Å². The topological polar surface area (TPSA) is 58.6 Å². The fourth-order valence-corrected chi connectivity index (χ4v) is 3.23. The molecule has 7 heteroatoms. The number of nitrogens with one attached hydrogen (secondary N) is 1. The number of likely N-dealkylation sites (N-methyl/N-ethyl adjacent to an activating group) is 1. The Morgan fingerprint density at radius 3 is 2.55 bits per heavy atom. The summed E-state index contributed by atoms with van der Waals surface area (Å²) in [7, 11) is 0.207. The summed E-state index contributed by atoms with van der Waals surface area (Å²) in [5.74, 6) is 0.499. The Balaban J connectivity index is 2.98. The number of rotatable bonds is 7. The zero-order chi connectivity index (χ0) is 15.3. The molecule has 1 rings (SSSR count). The molecular formula is C13H21ClN2O3S. The maximum atomic E-state index is 12.2. The quantitative estimate of drug-likeness (QED) is 0.833. The molecule has 0 fully saturated rings. The minimum absolute atomic E-state index is 0.185. The van der Waals surface area contributed by atoms with E-state index in [0.29, 0.717) is 36.0 Å². The second-order valence-electron chi connectivity index (χ2n) is 4.68. The van der Waals surface area contributed by atoms with Crippen LogP contribution in [0, 0.1) is 6.92 Å². The van der Waals surface area contributed by atoms with Crippen molar-refractivity contribution in [2.24, 2.45) is 0 Å². The van der Waals surface area contributed by atoms with Gasteiger partial charge in [-0.15, -0.1) is 0 Å². The van der Waals surface area contributed by atoms with Crippen molar-refractivity contribution in [1.82, 2.24) is 9.62 Å². The lowest BCUT2D eigenvalue weighted by molar-refractivity contribution is 0.340. The highest BCUT2D eigenvalue weighted by Crippen LogP contribution is 2.30. The molecule has 5 nitrogen and oxygen atoms in total. The molecule has 0 saturated heterocycles. The van der Waals surface area contributed by atoms with E-state index in [1.165, 1.54) is 6.07 Å². The second-order valence-corrected chi connectivity index (χ2v) is 6.82. The van der Waals surface area contributed by atoms with E-state index in [0.717, 1.165) is 0 Å². The third-order valence-electron chi connectivity index (χ3n) is 2.67. The first-order chi connectivity index (χ1) is 9.27. The molecule has 1 aromatic carbocycles. The van der Waals surface area contributed by atoms with Crippen LogP contribution >= 0.6 is 11.6 Å². The van der Waals surface area contributed by atoms with Crippen molar-refractivity contribution in [3.8, 4) is 5.75 Å². The number of halogens is 1. The molecule has 0 bridgehead atoms. The van der Waals surface area contributed by atoms with E-state index in [9.17, 15) is 8.42 Å². The van der Waals surface area contributed by atoms with Crippen molar-refractivity contribution < 1.29 is 13.2 Å². The molecule has 0 saturated carbocycles. The number of ether oxygens (including phenoxy) is 1. The van der Waals surface area contributed by atoms with Gasteiger partial charge in [0.2, 0.25) is 10.0 Å². The fourth-order valence-electron chi connectivity index (χ4n) is 1.67. The molecule has 0 aliphatic carbocycles. The molecule has 0 aliphatic heterocycles. The fraction of sp³-hybridized carbons (Fsp3) is 0.538. The Bertz CT molecular complexity index is 559. The number of aryl methyl sites for hydroxylation is 1. The van der Waals surface area contributed by atoms with E-state index in [2.05, 4.69) is 4.72 Å². The van der Waals surface area contributed by atoms with Crippen LogP contribution in [0.5, 0.6) is 5.75 Å². The molecule has 20 heavy (non-hydrogen) atoms. The molecule has 0 heterocycles. The SMILES string of the molecule is CCOc1cc(C)c(S(=O)(=O)NCCN(C)C)cc1Cl. The summed E-state index contributed by atoms with van der Waals surface area (Å²) in [5.41, 5.74) is 0.607. The third kappa shape index (κ3) is 4.63. The average Bonchev–Trinajstić information content (AvgIpc) is 2.32. The van der Waals surface area contributed by atoms with Crippen molar-refractivity contribution in [3.05, 3.63) is 22.7 Å². The predicted molar refractivity (Wildman–Crippen MR) is 81.1 cm³/mol. The molecule has 1 N–H and O–H groups in total. The molecule has 0 radical (unpaired) electrons. The first-order valence-corrected chi connectivity index (χ1v) is 8.21. The summed E-state index contributed by atoms with van der Waals surface area (Å²) in [6.45, 7) is 5.02. The van der Waals surface area contributed by atoms with Gasteiger partial charge in [0.1, 0.15) is 5.75 Å². The van der Waals surface area contributed by atoms with Gasteiger partial charge < -0.3 is 9.64 Å². The molecule has 1 aromatic rings. The van der Waals surface area contributed by atoms with Crippen molar-refractivity contribution in [3.63, 3.8) is 0 Å². The van der Waals surface area contributed by atoms with Gasteiger partial charge >= 0.3 is 0 Å².